The predicted octanol–water partition coefficient (Wildman–Crippen LogP) is 3.94. The van der Waals surface area contributed by atoms with Crippen LogP contribution in [0.15, 0.2) is 54.7 Å². The molecule has 2 heterocycles. The molecule has 0 fully saturated rings. The van der Waals surface area contributed by atoms with Gasteiger partial charge >= 0.3 is 6.18 Å². The van der Waals surface area contributed by atoms with Crippen molar-refractivity contribution in [2.75, 3.05) is 11.5 Å². The lowest BCUT2D eigenvalue weighted by atomic mass is 10.1. The number of alkyl halides is 3. The predicted molar refractivity (Wildman–Crippen MR) is 89.1 cm³/mol. The van der Waals surface area contributed by atoms with Gasteiger partial charge in [0.2, 0.25) is 0 Å². The van der Waals surface area contributed by atoms with E-state index < -0.39 is 17.3 Å². The van der Waals surface area contributed by atoms with Crippen LogP contribution in [0.25, 0.3) is 0 Å². The van der Waals surface area contributed by atoms with Crippen molar-refractivity contribution in [2.45, 2.75) is 19.3 Å². The zero-order valence-corrected chi connectivity index (χ0v) is 14.0. The van der Waals surface area contributed by atoms with Crippen LogP contribution in [0, 0.1) is 17.0 Å². The summed E-state index contributed by atoms with van der Waals surface area (Å²) in [6.07, 6.45) is -2.76. The number of aromatic nitrogens is 1. The van der Waals surface area contributed by atoms with E-state index >= 15 is 0 Å². The Morgan fingerprint density at radius 3 is 2.59 bits per heavy atom. The van der Waals surface area contributed by atoms with E-state index in [1.54, 1.807) is 12.1 Å². The van der Waals surface area contributed by atoms with Gasteiger partial charge in [0, 0.05) is 35.9 Å². The van der Waals surface area contributed by atoms with Crippen LogP contribution in [-0.4, -0.2) is 28.9 Å². The molecule has 10 heteroatoms. The molecule has 7 nitrogen and oxygen atoms in total. The lowest BCUT2D eigenvalue weighted by Gasteiger charge is -2.26. The molecular formula is C17H14F3N3O4. The molecule has 1 aromatic heterocycles. The Hall–Kier alpha value is -3.30. The third-order valence-electron chi connectivity index (χ3n) is 3.78. The summed E-state index contributed by atoms with van der Waals surface area (Å²) in [5, 5.41) is 10.9. The highest BCUT2D eigenvalue weighted by atomic mass is 19.4. The van der Waals surface area contributed by atoms with Gasteiger partial charge in [0.25, 0.3) is 11.9 Å². The fourth-order valence-corrected chi connectivity index (χ4v) is 2.55. The molecule has 0 unspecified atom stereocenters. The topological polar surface area (TPSA) is 77.7 Å². The molecule has 0 saturated heterocycles. The van der Waals surface area contributed by atoms with Crippen LogP contribution in [0.2, 0.25) is 0 Å². The van der Waals surface area contributed by atoms with E-state index in [9.17, 15) is 23.3 Å². The normalized spacial score (nSPS) is 16.7. The summed E-state index contributed by atoms with van der Waals surface area (Å²) in [6.45, 7) is 1.25. The minimum Gasteiger partial charge on any atom is -0.486 e. The molecule has 27 heavy (non-hydrogen) atoms. The van der Waals surface area contributed by atoms with E-state index in [1.165, 1.54) is 37.7 Å². The average molecular weight is 381 g/mol. The van der Waals surface area contributed by atoms with Crippen LogP contribution < -0.4 is 9.64 Å². The molecule has 0 radical (unpaired) electrons. The maximum absolute atomic E-state index is 13.4. The minimum absolute atomic E-state index is 0.0230. The molecule has 1 atom stereocenters. The fraction of sp³-hybridized carbons (Fsp3) is 0.235. The van der Waals surface area contributed by atoms with E-state index in [2.05, 4.69) is 4.98 Å². The number of pyridine rings is 1. The van der Waals surface area contributed by atoms with Gasteiger partial charge in [-0.2, -0.15) is 13.2 Å². The Balaban J connectivity index is 1.84. The highest BCUT2D eigenvalue weighted by Crippen LogP contribution is 2.37. The van der Waals surface area contributed by atoms with Crippen molar-refractivity contribution < 1.29 is 27.6 Å². The maximum Gasteiger partial charge on any atom is 0.445 e. The van der Waals surface area contributed by atoms with Crippen molar-refractivity contribution in [3.8, 4) is 5.75 Å². The summed E-state index contributed by atoms with van der Waals surface area (Å²) in [7, 11) is 0. The van der Waals surface area contributed by atoms with E-state index in [0.717, 1.165) is 11.0 Å². The highest BCUT2D eigenvalue weighted by molar-refractivity contribution is 5.58. The van der Waals surface area contributed by atoms with Gasteiger partial charge in [0.15, 0.2) is 5.76 Å². The number of hydrogen-bond donors (Lipinski definition) is 0. The number of nitrogens with zero attached hydrogens (tertiary/aromatic N) is 3. The second-order valence-corrected chi connectivity index (χ2v) is 5.71. The van der Waals surface area contributed by atoms with Crippen LogP contribution in [-0.2, 0) is 4.74 Å². The van der Waals surface area contributed by atoms with Gasteiger partial charge in [0.05, 0.1) is 4.92 Å². The first kappa shape index (κ1) is 18.5. The molecule has 1 aliphatic rings. The quantitative estimate of drug-likeness (QED) is 0.577. The Bertz CT molecular complexity index is 871. The zero-order valence-electron chi connectivity index (χ0n) is 14.0. The second-order valence-electron chi connectivity index (χ2n) is 5.71. The van der Waals surface area contributed by atoms with Gasteiger partial charge in [-0.1, -0.05) is 0 Å². The number of hydrogen-bond acceptors (Lipinski definition) is 6. The molecule has 3 rings (SSSR count). The Morgan fingerprint density at radius 1 is 1.30 bits per heavy atom. The van der Waals surface area contributed by atoms with Crippen LogP contribution in [0.3, 0.4) is 0 Å². The number of nitro benzene ring substituents is 1. The first-order valence-corrected chi connectivity index (χ1v) is 7.76. The smallest absolute Gasteiger partial charge is 0.445 e. The largest absolute Gasteiger partial charge is 0.486 e. The van der Waals surface area contributed by atoms with Crippen LogP contribution >= 0.6 is 0 Å². The van der Waals surface area contributed by atoms with Crippen LogP contribution in [0.4, 0.5) is 24.5 Å². The monoisotopic (exact) mass is 381 g/mol. The van der Waals surface area contributed by atoms with Gasteiger partial charge < -0.3 is 14.4 Å². The molecule has 0 bridgehead atoms. The summed E-state index contributed by atoms with van der Waals surface area (Å²) >= 11 is 0. The van der Waals surface area contributed by atoms with Gasteiger partial charge in [-0.15, -0.1) is 0 Å². The minimum atomic E-state index is -4.68. The van der Waals surface area contributed by atoms with Gasteiger partial charge in [-0.3, -0.25) is 15.1 Å². The van der Waals surface area contributed by atoms with E-state index in [0.29, 0.717) is 5.75 Å². The third kappa shape index (κ3) is 4.10. The van der Waals surface area contributed by atoms with E-state index in [4.69, 9.17) is 9.47 Å². The van der Waals surface area contributed by atoms with Crippen molar-refractivity contribution in [3.63, 3.8) is 0 Å². The molecule has 0 spiro atoms. The van der Waals surface area contributed by atoms with Gasteiger partial charge in [-0.25, -0.2) is 0 Å². The molecule has 0 saturated carbocycles. The third-order valence-corrected chi connectivity index (χ3v) is 3.78. The second kappa shape index (κ2) is 7.14. The number of anilines is 1. The standard InChI is InChI=1S/C17H14F3N3O4/c1-11-8-12(2-3-15(11)23(24)25)22-9-14(27-16(22)17(18,19)20)10-26-13-4-6-21-7-5-13/h2-9,16H,10H2,1H3/t16-/m1/s1. The Morgan fingerprint density at radius 2 is 2.00 bits per heavy atom. The zero-order chi connectivity index (χ0) is 19.6. The Labute approximate surface area is 151 Å². The van der Waals surface area contributed by atoms with Crippen molar-refractivity contribution in [1.29, 1.82) is 0 Å². The number of halogens is 3. The van der Waals surface area contributed by atoms with E-state index in [-0.39, 0.29) is 29.3 Å². The molecular weight excluding hydrogens is 367 g/mol. The molecule has 0 amide bonds. The number of nitro groups is 1. The summed E-state index contributed by atoms with van der Waals surface area (Å²) in [5.41, 5.74) is 0.195. The van der Waals surface area contributed by atoms with Crippen LogP contribution in [0.5, 0.6) is 5.75 Å². The SMILES string of the molecule is Cc1cc(N2C=C(COc3ccncc3)O[C@@H]2C(F)(F)F)ccc1[N+](=O)[O-]. The summed E-state index contributed by atoms with van der Waals surface area (Å²) in [6, 6.07) is 6.85. The maximum atomic E-state index is 13.4. The van der Waals surface area contributed by atoms with Gasteiger partial charge in [-0.05, 0) is 31.2 Å². The van der Waals surface area contributed by atoms with Crippen molar-refractivity contribution in [1.82, 2.24) is 4.98 Å². The summed E-state index contributed by atoms with van der Waals surface area (Å²) in [4.78, 5) is 15.0. The molecule has 1 aromatic carbocycles. The molecule has 2 aromatic rings. The average Bonchev–Trinajstić information content (AvgIpc) is 3.05. The first-order valence-electron chi connectivity index (χ1n) is 7.76. The summed E-state index contributed by atoms with van der Waals surface area (Å²) in [5.74, 6) is 0.410. The van der Waals surface area contributed by atoms with Crippen molar-refractivity contribution in [2.24, 2.45) is 0 Å². The fourth-order valence-electron chi connectivity index (χ4n) is 2.55. The highest BCUT2D eigenvalue weighted by Gasteiger charge is 2.49. The molecule has 1 aliphatic heterocycles. The lowest BCUT2D eigenvalue weighted by molar-refractivity contribution is -0.385. The molecule has 0 aliphatic carbocycles. The first-order chi connectivity index (χ1) is 12.8. The van der Waals surface area contributed by atoms with Gasteiger partial charge in [0.1, 0.15) is 12.4 Å². The van der Waals surface area contributed by atoms with Crippen LogP contribution in [0.1, 0.15) is 5.56 Å². The summed E-state index contributed by atoms with van der Waals surface area (Å²) < 4.78 is 50.6. The number of ether oxygens (including phenoxy) is 2. The molecule has 0 N–H and O–H groups in total. The lowest BCUT2D eigenvalue weighted by Crippen LogP contribution is -2.41. The Kier molecular flexibility index (Phi) is 4.89. The number of benzene rings is 1. The van der Waals surface area contributed by atoms with Crippen molar-refractivity contribution >= 4 is 11.4 Å². The van der Waals surface area contributed by atoms with Crippen molar-refractivity contribution in [3.05, 3.63) is 70.4 Å². The molecule has 142 valence electrons. The number of aryl methyl sites for hydroxylation is 1. The van der Waals surface area contributed by atoms with E-state index in [1.807, 2.05) is 0 Å². The number of rotatable bonds is 5.